The number of para-hydroxylation sites is 2. The quantitative estimate of drug-likeness (QED) is 0.634. The van der Waals surface area contributed by atoms with E-state index in [0.29, 0.717) is 63.5 Å². The van der Waals surface area contributed by atoms with E-state index in [4.69, 9.17) is 9.47 Å². The lowest BCUT2D eigenvalue weighted by Crippen LogP contribution is -2.58. The van der Waals surface area contributed by atoms with Gasteiger partial charge in [-0.15, -0.1) is 0 Å². The molecule has 1 saturated heterocycles. The molecule has 1 aliphatic heterocycles. The van der Waals surface area contributed by atoms with Crippen molar-refractivity contribution in [2.45, 2.75) is 38.6 Å². The minimum Gasteiger partial charge on any atom is -0.492 e. The van der Waals surface area contributed by atoms with E-state index >= 15 is 0 Å². The van der Waals surface area contributed by atoms with E-state index in [1.165, 1.54) is 0 Å². The van der Waals surface area contributed by atoms with Crippen LogP contribution in [0.25, 0.3) is 0 Å². The summed E-state index contributed by atoms with van der Waals surface area (Å²) in [6.45, 7) is 6.64. The van der Waals surface area contributed by atoms with E-state index < -0.39 is 5.54 Å². The zero-order chi connectivity index (χ0) is 20.4. The predicted molar refractivity (Wildman–Crippen MR) is 109 cm³/mol. The Kier molecular flexibility index (Phi) is 8.38. The van der Waals surface area contributed by atoms with Gasteiger partial charge in [-0.05, 0) is 45.2 Å². The first-order chi connectivity index (χ1) is 13.5. The van der Waals surface area contributed by atoms with E-state index in [1.807, 2.05) is 38.1 Å². The highest BCUT2D eigenvalue weighted by Gasteiger charge is 2.37. The number of carbonyl (C=O) groups excluding carboxylic acids is 2. The number of likely N-dealkylation sites (tertiary alicyclic amines) is 1. The molecule has 1 heterocycles. The largest absolute Gasteiger partial charge is 0.492 e. The Morgan fingerprint density at radius 3 is 2.54 bits per heavy atom. The number of piperidine rings is 1. The Balaban J connectivity index is 2.02. The standard InChI is InChI=1S/C20H32N4O4/c1-4-21-19(26)24-13-10-20(11-14-24,12-15-27-3)23-18(25)22-16-8-6-7-9-17(16)28-5-2/h6-9H,4-5,10-15H2,1-3H3,(H,21,26)(H2,22,23,25). The average molecular weight is 393 g/mol. The average Bonchev–Trinajstić information content (AvgIpc) is 2.69. The summed E-state index contributed by atoms with van der Waals surface area (Å²) >= 11 is 0. The summed E-state index contributed by atoms with van der Waals surface area (Å²) in [5.41, 5.74) is 0.215. The Hall–Kier alpha value is -2.48. The number of anilines is 1. The zero-order valence-electron chi connectivity index (χ0n) is 17.0. The fourth-order valence-electron chi connectivity index (χ4n) is 3.38. The number of ether oxygens (including phenoxy) is 2. The second-order valence-electron chi connectivity index (χ2n) is 6.85. The van der Waals surface area contributed by atoms with Gasteiger partial charge in [0, 0.05) is 38.9 Å². The van der Waals surface area contributed by atoms with E-state index in [0.717, 1.165) is 0 Å². The first-order valence-electron chi connectivity index (χ1n) is 9.86. The summed E-state index contributed by atoms with van der Waals surface area (Å²) in [5.74, 6) is 0.636. The maximum atomic E-state index is 12.7. The number of nitrogens with one attached hydrogen (secondary N) is 3. The van der Waals surface area contributed by atoms with Gasteiger partial charge in [0.15, 0.2) is 0 Å². The van der Waals surface area contributed by atoms with Gasteiger partial charge in [0.25, 0.3) is 0 Å². The molecule has 3 N–H and O–H groups in total. The van der Waals surface area contributed by atoms with Crippen LogP contribution in [-0.4, -0.2) is 62.5 Å². The van der Waals surface area contributed by atoms with Gasteiger partial charge in [-0.3, -0.25) is 0 Å². The summed E-state index contributed by atoms with van der Waals surface area (Å²) in [5, 5.41) is 8.85. The third kappa shape index (κ3) is 6.02. The molecule has 0 atom stereocenters. The minimum atomic E-state index is -0.413. The van der Waals surface area contributed by atoms with E-state index in [-0.39, 0.29) is 12.1 Å². The lowest BCUT2D eigenvalue weighted by atomic mass is 9.84. The fraction of sp³-hybridized carbons (Fsp3) is 0.600. The molecule has 8 heteroatoms. The van der Waals surface area contributed by atoms with Crippen LogP contribution in [0, 0.1) is 0 Å². The second-order valence-corrected chi connectivity index (χ2v) is 6.85. The SMILES string of the molecule is CCNC(=O)N1CCC(CCOC)(NC(=O)Nc2ccccc2OCC)CC1. The van der Waals surface area contributed by atoms with Gasteiger partial charge < -0.3 is 30.3 Å². The van der Waals surface area contributed by atoms with Crippen LogP contribution in [0.3, 0.4) is 0 Å². The van der Waals surface area contributed by atoms with Gasteiger partial charge in [-0.25, -0.2) is 9.59 Å². The summed E-state index contributed by atoms with van der Waals surface area (Å²) in [4.78, 5) is 26.6. The first-order valence-corrected chi connectivity index (χ1v) is 9.86. The predicted octanol–water partition coefficient (Wildman–Crippen LogP) is 2.81. The molecule has 156 valence electrons. The van der Waals surface area contributed by atoms with E-state index in [9.17, 15) is 9.59 Å². The number of hydrogen-bond acceptors (Lipinski definition) is 4. The van der Waals surface area contributed by atoms with Crippen molar-refractivity contribution in [1.82, 2.24) is 15.5 Å². The molecule has 0 saturated carbocycles. The monoisotopic (exact) mass is 392 g/mol. The number of methoxy groups -OCH3 is 1. The normalized spacial score (nSPS) is 15.6. The highest BCUT2D eigenvalue weighted by Crippen LogP contribution is 2.28. The van der Waals surface area contributed by atoms with Crippen LogP contribution in [0.5, 0.6) is 5.75 Å². The van der Waals surface area contributed by atoms with Gasteiger partial charge in [-0.2, -0.15) is 0 Å². The highest BCUT2D eigenvalue weighted by molar-refractivity contribution is 5.91. The van der Waals surface area contributed by atoms with Crippen molar-refractivity contribution in [2.75, 3.05) is 45.3 Å². The Bertz CT molecular complexity index is 645. The molecule has 0 aliphatic carbocycles. The molecule has 2 rings (SSSR count). The topological polar surface area (TPSA) is 91.9 Å². The summed E-state index contributed by atoms with van der Waals surface area (Å²) < 4.78 is 10.8. The number of benzene rings is 1. The van der Waals surface area contributed by atoms with Crippen LogP contribution in [0.15, 0.2) is 24.3 Å². The number of rotatable bonds is 8. The summed E-state index contributed by atoms with van der Waals surface area (Å²) in [7, 11) is 1.65. The van der Waals surface area contributed by atoms with Gasteiger partial charge in [-0.1, -0.05) is 12.1 Å². The van der Waals surface area contributed by atoms with Crippen molar-refractivity contribution in [3.05, 3.63) is 24.3 Å². The molecule has 0 bridgehead atoms. The van der Waals surface area contributed by atoms with Gasteiger partial charge in [0.05, 0.1) is 12.3 Å². The number of amides is 4. The Morgan fingerprint density at radius 1 is 1.18 bits per heavy atom. The van der Waals surface area contributed by atoms with Crippen LogP contribution < -0.4 is 20.7 Å². The van der Waals surface area contributed by atoms with Gasteiger partial charge in [0.2, 0.25) is 0 Å². The van der Waals surface area contributed by atoms with Crippen LogP contribution in [0.1, 0.15) is 33.1 Å². The van der Waals surface area contributed by atoms with Crippen molar-refractivity contribution in [1.29, 1.82) is 0 Å². The third-order valence-corrected chi connectivity index (χ3v) is 4.93. The molecule has 1 fully saturated rings. The van der Waals surface area contributed by atoms with Gasteiger partial charge in [0.1, 0.15) is 5.75 Å². The molecule has 0 radical (unpaired) electrons. The molecule has 0 spiro atoms. The van der Waals surface area contributed by atoms with Crippen molar-refractivity contribution in [2.24, 2.45) is 0 Å². The minimum absolute atomic E-state index is 0.0575. The number of nitrogens with zero attached hydrogens (tertiary/aromatic N) is 1. The number of urea groups is 2. The molecule has 1 aliphatic rings. The molecule has 28 heavy (non-hydrogen) atoms. The molecular weight excluding hydrogens is 360 g/mol. The lowest BCUT2D eigenvalue weighted by molar-refractivity contribution is 0.108. The van der Waals surface area contributed by atoms with Crippen LogP contribution in [0.4, 0.5) is 15.3 Å². The number of hydrogen-bond donors (Lipinski definition) is 3. The molecule has 0 unspecified atom stereocenters. The Labute approximate surface area is 166 Å². The molecule has 1 aromatic carbocycles. The van der Waals surface area contributed by atoms with E-state index in [2.05, 4.69) is 16.0 Å². The molecule has 1 aromatic rings. The fourth-order valence-corrected chi connectivity index (χ4v) is 3.38. The second kappa shape index (κ2) is 10.8. The van der Waals surface area contributed by atoms with Crippen molar-refractivity contribution < 1.29 is 19.1 Å². The molecule has 0 aromatic heterocycles. The van der Waals surface area contributed by atoms with Crippen molar-refractivity contribution in [3.63, 3.8) is 0 Å². The highest BCUT2D eigenvalue weighted by atomic mass is 16.5. The number of carbonyl (C=O) groups is 2. The van der Waals surface area contributed by atoms with Crippen LogP contribution in [0.2, 0.25) is 0 Å². The maximum Gasteiger partial charge on any atom is 0.319 e. The molecule has 8 nitrogen and oxygen atoms in total. The molecule has 4 amide bonds. The van der Waals surface area contributed by atoms with Crippen molar-refractivity contribution in [3.8, 4) is 5.75 Å². The third-order valence-electron chi connectivity index (χ3n) is 4.93. The van der Waals surface area contributed by atoms with Gasteiger partial charge >= 0.3 is 12.1 Å². The molecular formula is C20H32N4O4. The first kappa shape index (κ1) is 21.8. The lowest BCUT2D eigenvalue weighted by Gasteiger charge is -2.42. The van der Waals surface area contributed by atoms with E-state index in [1.54, 1.807) is 12.0 Å². The van der Waals surface area contributed by atoms with Crippen LogP contribution in [-0.2, 0) is 4.74 Å². The smallest absolute Gasteiger partial charge is 0.319 e. The Morgan fingerprint density at radius 2 is 1.89 bits per heavy atom. The zero-order valence-corrected chi connectivity index (χ0v) is 17.0. The van der Waals surface area contributed by atoms with Crippen molar-refractivity contribution >= 4 is 17.7 Å². The summed E-state index contributed by atoms with van der Waals surface area (Å²) in [6.07, 6.45) is 2.04. The van der Waals surface area contributed by atoms with Crippen LogP contribution >= 0.6 is 0 Å². The summed E-state index contributed by atoms with van der Waals surface area (Å²) in [6, 6.07) is 7.01. The maximum absolute atomic E-state index is 12.7.